The molecular formula is C13H10F2N2OS. The quantitative estimate of drug-likeness (QED) is 0.678. The van der Waals surface area contributed by atoms with Crippen LogP contribution < -0.4 is 0 Å². The number of carbonyl (C=O) groups is 1. The van der Waals surface area contributed by atoms with Crippen LogP contribution in [-0.2, 0) is 13.0 Å². The van der Waals surface area contributed by atoms with Gasteiger partial charge in [0.2, 0.25) is 0 Å². The fourth-order valence-corrected chi connectivity index (χ4v) is 2.88. The molecule has 1 N–H and O–H groups in total. The number of hydrogen-bond donors (Lipinski definition) is 1. The normalized spacial score (nSPS) is 17.5. The van der Waals surface area contributed by atoms with Gasteiger partial charge in [-0.25, -0.2) is 8.78 Å². The molecule has 2 heterocycles. The van der Waals surface area contributed by atoms with Crippen LogP contribution in [0.5, 0.6) is 0 Å². The second-order valence-electron chi connectivity index (χ2n) is 4.62. The van der Waals surface area contributed by atoms with Gasteiger partial charge in [0.1, 0.15) is 17.3 Å². The molecule has 2 aromatic rings. The van der Waals surface area contributed by atoms with Crippen LogP contribution in [0.3, 0.4) is 0 Å². The summed E-state index contributed by atoms with van der Waals surface area (Å²) >= 11 is 5.12. The van der Waals surface area contributed by atoms with E-state index < -0.39 is 11.6 Å². The topological polar surface area (TPSA) is 37.8 Å². The van der Waals surface area contributed by atoms with Crippen molar-refractivity contribution in [2.45, 2.75) is 18.9 Å². The highest BCUT2D eigenvalue weighted by Gasteiger charge is 2.27. The predicted molar refractivity (Wildman–Crippen MR) is 67.8 cm³/mol. The highest BCUT2D eigenvalue weighted by atomic mass is 32.1. The third kappa shape index (κ3) is 2.02. The van der Waals surface area contributed by atoms with E-state index >= 15 is 0 Å². The number of aldehydes is 1. The lowest BCUT2D eigenvalue weighted by Gasteiger charge is -2.09. The zero-order chi connectivity index (χ0) is 13.6. The summed E-state index contributed by atoms with van der Waals surface area (Å²) in [6.07, 6.45) is 1.26. The highest BCUT2D eigenvalue weighted by Crippen LogP contribution is 2.31. The minimum Gasteiger partial charge on any atom is -0.328 e. The van der Waals surface area contributed by atoms with Crippen molar-refractivity contribution in [3.63, 3.8) is 0 Å². The Hall–Kier alpha value is -1.82. The Bertz CT molecular complexity index is 700. The Morgan fingerprint density at radius 1 is 1.32 bits per heavy atom. The number of aromatic amines is 1. The van der Waals surface area contributed by atoms with Crippen LogP contribution in [0.25, 0.3) is 0 Å². The maximum Gasteiger partial charge on any atom is 0.177 e. The second kappa shape index (κ2) is 4.38. The Kier molecular flexibility index (Phi) is 2.82. The van der Waals surface area contributed by atoms with E-state index in [1.807, 2.05) is 4.57 Å². The van der Waals surface area contributed by atoms with Gasteiger partial charge in [-0.05, 0) is 36.3 Å². The number of hydrogen-bond acceptors (Lipinski definition) is 2. The second-order valence-corrected chi connectivity index (χ2v) is 5.01. The number of carbonyl (C=O) groups excluding carboxylic acids is 1. The van der Waals surface area contributed by atoms with Crippen molar-refractivity contribution < 1.29 is 13.6 Å². The Morgan fingerprint density at radius 2 is 2.00 bits per heavy atom. The van der Waals surface area contributed by atoms with Crippen LogP contribution in [0.15, 0.2) is 18.2 Å². The Morgan fingerprint density at radius 3 is 2.63 bits per heavy atom. The van der Waals surface area contributed by atoms with Crippen molar-refractivity contribution in [2.75, 3.05) is 0 Å². The van der Waals surface area contributed by atoms with Gasteiger partial charge in [0.05, 0.1) is 0 Å². The van der Waals surface area contributed by atoms with Gasteiger partial charge in [0.25, 0.3) is 0 Å². The van der Waals surface area contributed by atoms with Crippen LogP contribution in [0, 0.1) is 16.4 Å². The number of imidazole rings is 1. The summed E-state index contributed by atoms with van der Waals surface area (Å²) in [4.78, 5) is 13.7. The molecule has 1 aromatic heterocycles. The first-order valence-electron chi connectivity index (χ1n) is 5.81. The minimum absolute atomic E-state index is 0.0600. The number of halogens is 2. The Balaban J connectivity index is 1.99. The number of rotatable bonds is 2. The number of benzene rings is 1. The molecule has 0 fully saturated rings. The van der Waals surface area contributed by atoms with Gasteiger partial charge >= 0.3 is 0 Å². The van der Waals surface area contributed by atoms with Gasteiger partial charge in [0.15, 0.2) is 11.1 Å². The summed E-state index contributed by atoms with van der Waals surface area (Å²) < 4.78 is 28.7. The number of nitrogens with zero attached hydrogens (tertiary/aromatic N) is 1. The molecule has 0 bridgehead atoms. The van der Waals surface area contributed by atoms with E-state index in [-0.39, 0.29) is 5.92 Å². The van der Waals surface area contributed by atoms with Gasteiger partial charge in [-0.15, -0.1) is 0 Å². The first-order chi connectivity index (χ1) is 9.08. The van der Waals surface area contributed by atoms with Crippen molar-refractivity contribution in [1.29, 1.82) is 0 Å². The third-order valence-corrected chi connectivity index (χ3v) is 3.76. The number of nitrogens with one attached hydrogen (secondary N) is 1. The number of H-pyrrole nitrogens is 1. The van der Waals surface area contributed by atoms with Crippen molar-refractivity contribution in [2.24, 2.45) is 0 Å². The van der Waals surface area contributed by atoms with Gasteiger partial charge in [-0.2, -0.15) is 0 Å². The van der Waals surface area contributed by atoms with E-state index in [1.165, 1.54) is 12.1 Å². The fourth-order valence-electron chi connectivity index (χ4n) is 2.59. The molecule has 0 aliphatic carbocycles. The molecule has 0 saturated heterocycles. The summed E-state index contributed by atoms with van der Waals surface area (Å²) in [6.45, 7) is 0.529. The molecule has 0 saturated carbocycles. The molecule has 19 heavy (non-hydrogen) atoms. The zero-order valence-corrected chi connectivity index (χ0v) is 10.6. The summed E-state index contributed by atoms with van der Waals surface area (Å²) in [5.41, 5.74) is 1.84. The van der Waals surface area contributed by atoms with Gasteiger partial charge in [-0.3, -0.25) is 4.79 Å². The van der Waals surface area contributed by atoms with Crippen molar-refractivity contribution in [3.8, 4) is 0 Å². The molecule has 1 atom stereocenters. The van der Waals surface area contributed by atoms with Crippen LogP contribution in [0.4, 0.5) is 8.78 Å². The molecule has 1 aliphatic rings. The molecule has 0 amide bonds. The molecule has 6 heteroatoms. The largest absolute Gasteiger partial charge is 0.328 e. The molecule has 0 unspecified atom stereocenters. The van der Waals surface area contributed by atoms with Crippen molar-refractivity contribution in [3.05, 3.63) is 51.6 Å². The first-order valence-corrected chi connectivity index (χ1v) is 6.22. The SMILES string of the molecule is O=Cc1[nH]c(=S)n2c1C[C@@H](c1cc(F)cc(F)c1)C2. The molecule has 0 spiro atoms. The molecule has 3 rings (SSSR count). The zero-order valence-electron chi connectivity index (χ0n) is 9.82. The van der Waals surface area contributed by atoms with E-state index in [9.17, 15) is 13.6 Å². The fraction of sp³-hybridized carbons (Fsp3) is 0.231. The first kappa shape index (κ1) is 12.2. The molecule has 1 aliphatic heterocycles. The molecule has 98 valence electrons. The van der Waals surface area contributed by atoms with E-state index in [0.29, 0.717) is 29.0 Å². The molecule has 3 nitrogen and oxygen atoms in total. The summed E-state index contributed by atoms with van der Waals surface area (Å²) in [5, 5.41) is 0. The Labute approximate surface area is 112 Å². The summed E-state index contributed by atoms with van der Waals surface area (Å²) in [7, 11) is 0. The lowest BCUT2D eigenvalue weighted by Crippen LogP contribution is -2.03. The van der Waals surface area contributed by atoms with Crippen LogP contribution in [-0.4, -0.2) is 15.8 Å². The van der Waals surface area contributed by atoms with Crippen LogP contribution in [0.2, 0.25) is 0 Å². The van der Waals surface area contributed by atoms with Crippen molar-refractivity contribution >= 4 is 18.5 Å². The van der Waals surface area contributed by atoms with Gasteiger partial charge in [-0.1, -0.05) is 0 Å². The highest BCUT2D eigenvalue weighted by molar-refractivity contribution is 7.71. The lowest BCUT2D eigenvalue weighted by molar-refractivity contribution is 0.111. The maximum absolute atomic E-state index is 13.2. The summed E-state index contributed by atoms with van der Waals surface area (Å²) in [6, 6.07) is 3.50. The predicted octanol–water partition coefficient (Wildman–Crippen LogP) is 2.98. The average molecular weight is 280 g/mol. The lowest BCUT2D eigenvalue weighted by atomic mass is 9.96. The molecule has 1 aromatic carbocycles. The standard InChI is InChI=1S/C13H10F2N2OS/c14-9-1-7(2-10(15)4-9)8-3-12-11(6-18)16-13(19)17(12)5-8/h1-2,4,6,8H,3,5H2,(H,16,19)/t8-/m1/s1. The van der Waals surface area contributed by atoms with Crippen LogP contribution >= 0.6 is 12.2 Å². The average Bonchev–Trinajstić information content (AvgIpc) is 2.89. The van der Waals surface area contributed by atoms with Gasteiger partial charge in [0, 0.05) is 24.2 Å². The van der Waals surface area contributed by atoms with Crippen LogP contribution in [0.1, 0.15) is 27.7 Å². The van der Waals surface area contributed by atoms with E-state index in [2.05, 4.69) is 4.98 Å². The smallest absolute Gasteiger partial charge is 0.177 e. The monoisotopic (exact) mass is 280 g/mol. The molecule has 0 radical (unpaired) electrons. The number of fused-ring (bicyclic) bond motifs is 1. The van der Waals surface area contributed by atoms with Gasteiger partial charge < -0.3 is 9.55 Å². The van der Waals surface area contributed by atoms with E-state index in [0.717, 1.165) is 18.0 Å². The number of aromatic nitrogens is 2. The van der Waals surface area contributed by atoms with E-state index in [1.54, 1.807) is 0 Å². The van der Waals surface area contributed by atoms with E-state index in [4.69, 9.17) is 12.2 Å². The molecular weight excluding hydrogens is 270 g/mol. The third-order valence-electron chi connectivity index (χ3n) is 3.44. The van der Waals surface area contributed by atoms with Crippen molar-refractivity contribution in [1.82, 2.24) is 9.55 Å². The maximum atomic E-state index is 13.2. The minimum atomic E-state index is -0.590. The summed E-state index contributed by atoms with van der Waals surface area (Å²) in [5.74, 6) is -1.24.